The van der Waals surface area contributed by atoms with Crippen LogP contribution in [0.25, 0.3) is 0 Å². The van der Waals surface area contributed by atoms with Crippen molar-refractivity contribution < 1.29 is 4.74 Å². The van der Waals surface area contributed by atoms with Crippen LogP contribution in [-0.4, -0.2) is 24.8 Å². The Balaban J connectivity index is 2.33. The Kier molecular flexibility index (Phi) is 6.15. The molecule has 0 fully saturated rings. The molecule has 1 aromatic rings. The highest BCUT2D eigenvalue weighted by Gasteiger charge is 1.99. The van der Waals surface area contributed by atoms with Crippen LogP contribution in [0.5, 0.6) is 0 Å². The highest BCUT2D eigenvalue weighted by molar-refractivity contribution is 7.99. The summed E-state index contributed by atoms with van der Waals surface area (Å²) in [6.07, 6.45) is 0. The molecule has 0 N–H and O–H groups in total. The molecular formula is C12H17ClOS. The zero-order chi connectivity index (χ0) is 11.1. The Morgan fingerprint density at radius 1 is 1.27 bits per heavy atom. The van der Waals surface area contributed by atoms with Gasteiger partial charge in [-0.15, -0.1) is 23.4 Å². The smallest absolute Gasteiger partial charge is 0.0602 e. The van der Waals surface area contributed by atoms with E-state index in [0.29, 0.717) is 12.5 Å². The van der Waals surface area contributed by atoms with Crippen molar-refractivity contribution >= 4 is 23.4 Å². The Labute approximate surface area is 101 Å². The summed E-state index contributed by atoms with van der Waals surface area (Å²) in [4.78, 5) is 1.35. The van der Waals surface area contributed by atoms with Crippen molar-refractivity contribution in [3.8, 4) is 0 Å². The molecular weight excluding hydrogens is 228 g/mol. The first kappa shape index (κ1) is 12.9. The minimum Gasteiger partial charge on any atom is -0.379 e. The van der Waals surface area contributed by atoms with Crippen LogP contribution in [-0.2, 0) is 4.74 Å². The number of hydrogen-bond donors (Lipinski definition) is 0. The van der Waals surface area contributed by atoms with Gasteiger partial charge in [-0.05, 0) is 25.5 Å². The normalized spacial score (nSPS) is 10.6. The predicted molar refractivity (Wildman–Crippen MR) is 68.2 cm³/mol. The summed E-state index contributed by atoms with van der Waals surface area (Å²) in [5.74, 6) is 1.56. The first-order valence-corrected chi connectivity index (χ1v) is 6.60. The average molecular weight is 245 g/mol. The van der Waals surface area contributed by atoms with Crippen LogP contribution in [0.1, 0.15) is 11.1 Å². The summed E-state index contributed by atoms with van der Waals surface area (Å²) in [5, 5.41) is 0. The lowest BCUT2D eigenvalue weighted by Crippen LogP contribution is -2.00. The van der Waals surface area contributed by atoms with Crippen molar-refractivity contribution in [2.75, 3.05) is 24.8 Å². The predicted octanol–water partition coefficient (Wildman–Crippen LogP) is 3.65. The molecule has 0 saturated heterocycles. The lowest BCUT2D eigenvalue weighted by atomic mass is 10.2. The van der Waals surface area contributed by atoms with E-state index in [1.165, 1.54) is 16.0 Å². The van der Waals surface area contributed by atoms with E-state index in [4.69, 9.17) is 16.3 Å². The average Bonchev–Trinajstić information content (AvgIpc) is 2.23. The summed E-state index contributed by atoms with van der Waals surface area (Å²) in [6.45, 7) is 5.68. The second kappa shape index (κ2) is 7.15. The van der Waals surface area contributed by atoms with E-state index in [1.54, 1.807) is 0 Å². The summed E-state index contributed by atoms with van der Waals surface area (Å²) < 4.78 is 5.32. The maximum absolute atomic E-state index is 5.51. The third kappa shape index (κ3) is 4.92. The number of benzene rings is 1. The minimum atomic E-state index is 0.578. The van der Waals surface area contributed by atoms with E-state index in [9.17, 15) is 0 Å². The molecule has 0 aliphatic rings. The third-order valence-corrected chi connectivity index (χ3v) is 3.33. The van der Waals surface area contributed by atoms with E-state index in [0.717, 1.165) is 12.4 Å². The Morgan fingerprint density at radius 2 is 2.07 bits per heavy atom. The minimum absolute atomic E-state index is 0.578. The molecule has 3 heteroatoms. The van der Waals surface area contributed by atoms with E-state index < -0.39 is 0 Å². The van der Waals surface area contributed by atoms with Gasteiger partial charge >= 0.3 is 0 Å². The standard InChI is InChI=1S/C12H17ClOS/c1-10-3-4-11(2)12(9-10)15-8-7-14-6-5-13/h3-4,9H,5-8H2,1-2H3. The zero-order valence-electron chi connectivity index (χ0n) is 9.25. The Morgan fingerprint density at radius 3 is 2.80 bits per heavy atom. The number of hydrogen-bond acceptors (Lipinski definition) is 2. The first-order valence-electron chi connectivity index (χ1n) is 5.08. The van der Waals surface area contributed by atoms with Gasteiger partial charge < -0.3 is 4.74 Å². The summed E-state index contributed by atoms with van der Waals surface area (Å²) in [6, 6.07) is 6.53. The molecule has 0 aromatic heterocycles. The van der Waals surface area contributed by atoms with E-state index in [2.05, 4.69) is 32.0 Å². The lowest BCUT2D eigenvalue weighted by Gasteiger charge is -2.06. The van der Waals surface area contributed by atoms with Gasteiger partial charge in [-0.2, -0.15) is 0 Å². The van der Waals surface area contributed by atoms with Gasteiger partial charge in [-0.1, -0.05) is 17.7 Å². The fourth-order valence-corrected chi connectivity index (χ4v) is 2.33. The van der Waals surface area contributed by atoms with E-state index in [-0.39, 0.29) is 0 Å². The Hall–Kier alpha value is -0.180. The maximum atomic E-state index is 5.51. The molecule has 0 radical (unpaired) electrons. The van der Waals surface area contributed by atoms with Gasteiger partial charge in [-0.3, -0.25) is 0 Å². The lowest BCUT2D eigenvalue weighted by molar-refractivity contribution is 0.166. The second-order valence-electron chi connectivity index (χ2n) is 3.42. The van der Waals surface area contributed by atoms with Crippen molar-refractivity contribution in [1.82, 2.24) is 0 Å². The maximum Gasteiger partial charge on any atom is 0.0602 e. The molecule has 0 aliphatic heterocycles. The molecule has 0 unspecified atom stereocenters. The molecule has 0 spiro atoms. The molecule has 0 atom stereocenters. The fraction of sp³-hybridized carbons (Fsp3) is 0.500. The molecule has 1 nitrogen and oxygen atoms in total. The fourth-order valence-electron chi connectivity index (χ4n) is 1.23. The highest BCUT2D eigenvalue weighted by atomic mass is 35.5. The number of rotatable bonds is 6. The van der Waals surface area contributed by atoms with Crippen molar-refractivity contribution in [3.05, 3.63) is 29.3 Å². The molecule has 0 aliphatic carbocycles. The van der Waals surface area contributed by atoms with Crippen LogP contribution in [0.4, 0.5) is 0 Å². The van der Waals surface area contributed by atoms with E-state index >= 15 is 0 Å². The van der Waals surface area contributed by atoms with Crippen LogP contribution in [0, 0.1) is 13.8 Å². The van der Waals surface area contributed by atoms with Gasteiger partial charge in [0.15, 0.2) is 0 Å². The summed E-state index contributed by atoms with van der Waals surface area (Å²) >= 11 is 7.36. The molecule has 0 saturated carbocycles. The number of alkyl halides is 1. The molecule has 0 amide bonds. The van der Waals surface area contributed by atoms with Gasteiger partial charge in [0.2, 0.25) is 0 Å². The number of aryl methyl sites for hydroxylation is 2. The van der Waals surface area contributed by atoms with Gasteiger partial charge in [-0.25, -0.2) is 0 Å². The van der Waals surface area contributed by atoms with Gasteiger partial charge in [0.05, 0.1) is 13.2 Å². The largest absolute Gasteiger partial charge is 0.379 e. The summed E-state index contributed by atoms with van der Waals surface area (Å²) in [7, 11) is 0. The monoisotopic (exact) mass is 244 g/mol. The van der Waals surface area contributed by atoms with Gasteiger partial charge in [0.25, 0.3) is 0 Å². The molecule has 84 valence electrons. The first-order chi connectivity index (χ1) is 7.24. The third-order valence-electron chi connectivity index (χ3n) is 2.05. The zero-order valence-corrected chi connectivity index (χ0v) is 10.8. The Bertz CT molecular complexity index is 302. The van der Waals surface area contributed by atoms with Crippen LogP contribution < -0.4 is 0 Å². The van der Waals surface area contributed by atoms with Crippen molar-refractivity contribution in [2.24, 2.45) is 0 Å². The summed E-state index contributed by atoms with van der Waals surface area (Å²) in [5.41, 5.74) is 2.65. The van der Waals surface area contributed by atoms with Gasteiger partial charge in [0, 0.05) is 16.5 Å². The molecule has 15 heavy (non-hydrogen) atoms. The topological polar surface area (TPSA) is 9.23 Å². The number of halogens is 1. The van der Waals surface area contributed by atoms with Crippen molar-refractivity contribution in [2.45, 2.75) is 18.7 Å². The molecule has 1 rings (SSSR count). The number of ether oxygens (including phenoxy) is 1. The van der Waals surface area contributed by atoms with Crippen molar-refractivity contribution in [3.63, 3.8) is 0 Å². The SMILES string of the molecule is Cc1ccc(C)c(SCCOCCCl)c1. The quantitative estimate of drug-likeness (QED) is 0.429. The van der Waals surface area contributed by atoms with E-state index in [1.807, 2.05) is 11.8 Å². The number of thioether (sulfide) groups is 1. The molecule has 0 heterocycles. The van der Waals surface area contributed by atoms with Crippen molar-refractivity contribution in [1.29, 1.82) is 0 Å². The van der Waals surface area contributed by atoms with Crippen LogP contribution in [0.15, 0.2) is 23.1 Å². The highest BCUT2D eigenvalue weighted by Crippen LogP contribution is 2.23. The van der Waals surface area contributed by atoms with Crippen LogP contribution >= 0.6 is 23.4 Å². The van der Waals surface area contributed by atoms with Crippen LogP contribution in [0.2, 0.25) is 0 Å². The van der Waals surface area contributed by atoms with Crippen LogP contribution in [0.3, 0.4) is 0 Å². The molecule has 0 bridgehead atoms. The molecule has 1 aromatic carbocycles. The second-order valence-corrected chi connectivity index (χ2v) is 4.93. The van der Waals surface area contributed by atoms with Gasteiger partial charge in [0.1, 0.15) is 0 Å².